The van der Waals surface area contributed by atoms with Crippen LogP contribution in [-0.2, 0) is 0 Å². The number of hydrogen-bond acceptors (Lipinski definition) is 4. The van der Waals surface area contributed by atoms with Crippen molar-refractivity contribution in [1.82, 2.24) is 5.32 Å². The van der Waals surface area contributed by atoms with Gasteiger partial charge in [0.25, 0.3) is 5.91 Å². The van der Waals surface area contributed by atoms with Gasteiger partial charge >= 0.3 is 0 Å². The van der Waals surface area contributed by atoms with E-state index < -0.39 is 0 Å². The number of fused-ring (bicyclic) bond motifs is 2. The second-order valence-electron chi connectivity index (χ2n) is 8.01. The van der Waals surface area contributed by atoms with Gasteiger partial charge in [-0.15, -0.1) is 0 Å². The molecule has 158 valence electrons. The first kappa shape index (κ1) is 20.1. The fraction of sp³-hybridized carbons (Fsp3) is 0.391. The van der Waals surface area contributed by atoms with Crippen molar-refractivity contribution < 1.29 is 14.3 Å². The van der Waals surface area contributed by atoms with Crippen LogP contribution in [0.25, 0.3) is 0 Å². The van der Waals surface area contributed by atoms with E-state index in [-0.39, 0.29) is 35.8 Å². The van der Waals surface area contributed by atoms with Crippen LogP contribution in [0.5, 0.6) is 11.5 Å². The third kappa shape index (κ3) is 3.79. The van der Waals surface area contributed by atoms with Gasteiger partial charge in [-0.1, -0.05) is 32.0 Å². The Bertz CT molecular complexity index is 971. The molecule has 0 saturated heterocycles. The number of nitrogens with zero attached hydrogens (tertiary/aromatic N) is 1. The SMILES string of the molecule is CC[C@H]1COc2ccc(C(=O)N[C@@H]3c4ccccc4OC[C@@H]3C)cc2[C@@H]1N=C(N)N. The zero-order valence-corrected chi connectivity index (χ0v) is 17.3. The van der Waals surface area contributed by atoms with E-state index in [1.54, 1.807) is 6.07 Å². The first-order chi connectivity index (χ1) is 14.5. The number of nitrogens with two attached hydrogens (primary N) is 2. The second-order valence-corrected chi connectivity index (χ2v) is 8.01. The van der Waals surface area contributed by atoms with Gasteiger partial charge in [0.1, 0.15) is 11.5 Å². The van der Waals surface area contributed by atoms with Crippen LogP contribution >= 0.6 is 0 Å². The van der Waals surface area contributed by atoms with Crippen LogP contribution < -0.4 is 26.3 Å². The Morgan fingerprint density at radius 1 is 1.10 bits per heavy atom. The third-order valence-corrected chi connectivity index (χ3v) is 5.91. The minimum atomic E-state index is -0.223. The van der Waals surface area contributed by atoms with E-state index in [2.05, 4.69) is 24.2 Å². The average Bonchev–Trinajstić information content (AvgIpc) is 2.75. The number of guanidine groups is 1. The lowest BCUT2D eigenvalue weighted by Crippen LogP contribution is -2.37. The summed E-state index contributed by atoms with van der Waals surface area (Å²) in [4.78, 5) is 17.6. The van der Waals surface area contributed by atoms with E-state index in [4.69, 9.17) is 20.9 Å². The molecule has 0 aliphatic carbocycles. The van der Waals surface area contributed by atoms with Crippen LogP contribution in [0.1, 0.15) is 53.8 Å². The summed E-state index contributed by atoms with van der Waals surface area (Å²) in [5, 5.41) is 3.18. The maximum Gasteiger partial charge on any atom is 0.251 e. The monoisotopic (exact) mass is 408 g/mol. The molecule has 30 heavy (non-hydrogen) atoms. The molecule has 2 heterocycles. The van der Waals surface area contributed by atoms with Gasteiger partial charge in [-0.3, -0.25) is 4.79 Å². The molecule has 1 amide bonds. The number of ether oxygens (including phenoxy) is 2. The fourth-order valence-corrected chi connectivity index (χ4v) is 4.21. The molecule has 4 atom stereocenters. The number of hydrogen-bond donors (Lipinski definition) is 3. The van der Waals surface area contributed by atoms with Gasteiger partial charge in [-0.05, 0) is 30.7 Å². The van der Waals surface area contributed by atoms with Crippen molar-refractivity contribution in [2.45, 2.75) is 32.4 Å². The predicted molar refractivity (Wildman–Crippen MR) is 116 cm³/mol. The lowest BCUT2D eigenvalue weighted by Gasteiger charge is -2.33. The Labute approximate surface area is 176 Å². The Morgan fingerprint density at radius 3 is 2.60 bits per heavy atom. The number of benzene rings is 2. The molecular formula is C23H28N4O3. The van der Waals surface area contributed by atoms with Crippen LogP contribution in [0, 0.1) is 11.8 Å². The normalized spacial score (nSPS) is 24.5. The van der Waals surface area contributed by atoms with Gasteiger partial charge in [0, 0.05) is 28.5 Å². The summed E-state index contributed by atoms with van der Waals surface area (Å²) in [6.45, 7) is 5.26. The predicted octanol–water partition coefficient (Wildman–Crippen LogP) is 2.92. The minimum absolute atomic E-state index is 0.0359. The van der Waals surface area contributed by atoms with Crippen molar-refractivity contribution in [3.63, 3.8) is 0 Å². The molecule has 0 radical (unpaired) electrons. The van der Waals surface area contributed by atoms with E-state index in [0.29, 0.717) is 18.8 Å². The van der Waals surface area contributed by atoms with Crippen LogP contribution in [0.4, 0.5) is 0 Å². The Kier molecular flexibility index (Phi) is 5.53. The topological polar surface area (TPSA) is 112 Å². The van der Waals surface area contributed by atoms with Crippen molar-refractivity contribution in [3.05, 3.63) is 59.2 Å². The Balaban J connectivity index is 1.63. The van der Waals surface area contributed by atoms with E-state index in [1.165, 1.54) is 0 Å². The molecule has 0 spiro atoms. The second kappa shape index (κ2) is 8.26. The number of carbonyl (C=O) groups is 1. The number of amides is 1. The summed E-state index contributed by atoms with van der Waals surface area (Å²) in [5.74, 6) is 1.74. The summed E-state index contributed by atoms with van der Waals surface area (Å²) in [7, 11) is 0. The van der Waals surface area contributed by atoms with Crippen LogP contribution in [0.3, 0.4) is 0 Å². The number of carbonyl (C=O) groups excluding carboxylic acids is 1. The summed E-state index contributed by atoms with van der Waals surface area (Å²) in [6, 6.07) is 12.9. The molecule has 0 unspecified atom stereocenters. The minimum Gasteiger partial charge on any atom is -0.493 e. The molecule has 4 rings (SSSR count). The van der Waals surface area contributed by atoms with Gasteiger partial charge in [-0.2, -0.15) is 0 Å². The Hall–Kier alpha value is -3.22. The number of aliphatic imine (C=N–C) groups is 1. The first-order valence-corrected chi connectivity index (χ1v) is 10.4. The highest BCUT2D eigenvalue weighted by atomic mass is 16.5. The zero-order chi connectivity index (χ0) is 21.3. The van der Waals surface area contributed by atoms with E-state index in [1.807, 2.05) is 36.4 Å². The van der Waals surface area contributed by atoms with Crippen LogP contribution in [-0.4, -0.2) is 25.1 Å². The van der Waals surface area contributed by atoms with Crippen molar-refractivity contribution >= 4 is 11.9 Å². The molecule has 0 saturated carbocycles. The maximum atomic E-state index is 13.2. The first-order valence-electron chi connectivity index (χ1n) is 10.4. The number of rotatable bonds is 4. The zero-order valence-electron chi connectivity index (χ0n) is 17.3. The quantitative estimate of drug-likeness (QED) is 0.532. The average molecular weight is 409 g/mol. The van der Waals surface area contributed by atoms with E-state index >= 15 is 0 Å². The van der Waals surface area contributed by atoms with Gasteiger partial charge in [0.05, 0.1) is 25.3 Å². The summed E-state index contributed by atoms with van der Waals surface area (Å²) in [5.41, 5.74) is 13.7. The highest BCUT2D eigenvalue weighted by Crippen LogP contribution is 2.40. The molecule has 2 aromatic carbocycles. The molecular weight excluding hydrogens is 380 g/mol. The van der Waals surface area contributed by atoms with E-state index in [0.717, 1.165) is 29.0 Å². The molecule has 2 aromatic rings. The van der Waals surface area contributed by atoms with Gasteiger partial charge < -0.3 is 26.3 Å². The summed E-state index contributed by atoms with van der Waals surface area (Å²) < 4.78 is 11.7. The molecule has 7 heteroatoms. The van der Waals surface area contributed by atoms with Crippen molar-refractivity contribution in [1.29, 1.82) is 0 Å². The lowest BCUT2D eigenvalue weighted by molar-refractivity contribution is 0.0897. The molecule has 0 bridgehead atoms. The van der Waals surface area contributed by atoms with Crippen molar-refractivity contribution in [2.24, 2.45) is 28.3 Å². The Morgan fingerprint density at radius 2 is 1.83 bits per heavy atom. The highest BCUT2D eigenvalue weighted by Gasteiger charge is 2.32. The molecule has 0 aromatic heterocycles. The van der Waals surface area contributed by atoms with Crippen molar-refractivity contribution in [3.8, 4) is 11.5 Å². The summed E-state index contributed by atoms with van der Waals surface area (Å²) in [6.07, 6.45) is 0.869. The maximum absolute atomic E-state index is 13.2. The van der Waals surface area contributed by atoms with Gasteiger partial charge in [0.15, 0.2) is 5.96 Å². The molecule has 2 aliphatic rings. The highest BCUT2D eigenvalue weighted by molar-refractivity contribution is 5.95. The molecule has 0 fully saturated rings. The smallest absolute Gasteiger partial charge is 0.251 e. The third-order valence-electron chi connectivity index (χ3n) is 5.91. The molecule has 7 nitrogen and oxygen atoms in total. The largest absolute Gasteiger partial charge is 0.493 e. The summed E-state index contributed by atoms with van der Waals surface area (Å²) >= 11 is 0. The van der Waals surface area contributed by atoms with E-state index in [9.17, 15) is 4.79 Å². The van der Waals surface area contributed by atoms with Crippen LogP contribution in [0.15, 0.2) is 47.5 Å². The standard InChI is InChI=1S/C23H28N4O3/c1-3-14-12-30-19-9-8-15(10-17(19)21(14)27-23(24)25)22(28)26-20-13(2)11-29-18-7-5-4-6-16(18)20/h4-10,13-14,20-21H,3,11-12H2,1-2H3,(H,26,28)(H4,24,25,27)/t13-,14-,20-,21+/m0/s1. The molecule has 5 N–H and O–H groups in total. The number of para-hydroxylation sites is 1. The fourth-order valence-electron chi connectivity index (χ4n) is 4.21. The number of nitrogens with one attached hydrogen (secondary N) is 1. The van der Waals surface area contributed by atoms with Crippen LogP contribution in [0.2, 0.25) is 0 Å². The van der Waals surface area contributed by atoms with Gasteiger partial charge in [-0.25, -0.2) is 4.99 Å². The lowest BCUT2D eigenvalue weighted by atomic mass is 9.88. The van der Waals surface area contributed by atoms with Crippen molar-refractivity contribution in [2.75, 3.05) is 13.2 Å². The van der Waals surface area contributed by atoms with Gasteiger partial charge in [0.2, 0.25) is 0 Å². The molecule has 2 aliphatic heterocycles.